The molecule has 2 aromatic carbocycles. The SMILES string of the molecule is CCNC(=O)[C@]1(Cc2ccccc2)CCCN(C(=O)[C@@H](Cc2ccc(Cl)c(Cl)c2)NC(=O)NCCCCNC(=O)CCCCC[NH3+])C1. The first kappa shape index (κ1) is 38.1. The fourth-order valence-electron chi connectivity index (χ4n) is 6.00. The molecular formula is C35H51Cl2N6O4+. The number of hydrogen-bond donors (Lipinski definition) is 5. The van der Waals surface area contributed by atoms with Gasteiger partial charge in [-0.15, -0.1) is 0 Å². The zero-order chi connectivity index (χ0) is 34.1. The van der Waals surface area contributed by atoms with Gasteiger partial charge in [-0.2, -0.15) is 0 Å². The molecule has 3 rings (SSSR count). The lowest BCUT2D eigenvalue weighted by Gasteiger charge is -2.43. The van der Waals surface area contributed by atoms with Crippen molar-refractivity contribution in [3.8, 4) is 0 Å². The predicted molar refractivity (Wildman–Crippen MR) is 186 cm³/mol. The van der Waals surface area contributed by atoms with Crippen LogP contribution >= 0.6 is 23.2 Å². The molecule has 0 aromatic heterocycles. The van der Waals surface area contributed by atoms with Crippen LogP contribution in [0.4, 0.5) is 4.79 Å². The molecule has 2 atom stereocenters. The molecule has 2 aromatic rings. The highest BCUT2D eigenvalue weighted by Crippen LogP contribution is 2.35. The number of quaternary nitrogens is 1. The van der Waals surface area contributed by atoms with E-state index in [1.807, 2.05) is 37.3 Å². The minimum Gasteiger partial charge on any atom is -0.358 e. The summed E-state index contributed by atoms with van der Waals surface area (Å²) in [5.41, 5.74) is 4.81. The number of likely N-dealkylation sites (tertiary alicyclic amines) is 1. The predicted octanol–water partition coefficient (Wildman–Crippen LogP) is 3.89. The molecule has 5 amide bonds. The van der Waals surface area contributed by atoms with E-state index in [1.54, 1.807) is 23.1 Å². The maximum absolute atomic E-state index is 14.2. The summed E-state index contributed by atoms with van der Waals surface area (Å²) in [5, 5.41) is 12.4. The highest BCUT2D eigenvalue weighted by atomic mass is 35.5. The van der Waals surface area contributed by atoms with Crippen LogP contribution < -0.4 is 27.0 Å². The third-order valence-corrected chi connectivity index (χ3v) is 9.22. The van der Waals surface area contributed by atoms with Gasteiger partial charge in [-0.3, -0.25) is 14.4 Å². The Labute approximate surface area is 288 Å². The van der Waals surface area contributed by atoms with Crippen molar-refractivity contribution in [3.63, 3.8) is 0 Å². The molecule has 0 bridgehead atoms. The van der Waals surface area contributed by atoms with Crippen molar-refractivity contribution in [2.24, 2.45) is 5.41 Å². The van der Waals surface area contributed by atoms with E-state index in [9.17, 15) is 19.2 Å². The third kappa shape index (κ3) is 12.7. The maximum atomic E-state index is 14.2. The molecule has 0 aliphatic carbocycles. The van der Waals surface area contributed by atoms with Crippen LogP contribution in [0.15, 0.2) is 48.5 Å². The number of urea groups is 1. The number of carbonyl (C=O) groups is 4. The van der Waals surface area contributed by atoms with Crippen LogP contribution in [0.5, 0.6) is 0 Å². The van der Waals surface area contributed by atoms with E-state index in [0.29, 0.717) is 74.7 Å². The van der Waals surface area contributed by atoms with Gasteiger partial charge in [0.25, 0.3) is 0 Å². The minimum absolute atomic E-state index is 0.0427. The summed E-state index contributed by atoms with van der Waals surface area (Å²) in [6.07, 6.45) is 6.82. The summed E-state index contributed by atoms with van der Waals surface area (Å²) >= 11 is 12.4. The van der Waals surface area contributed by atoms with Gasteiger partial charge in [-0.1, -0.05) is 59.6 Å². The molecule has 7 N–H and O–H groups in total. The largest absolute Gasteiger partial charge is 0.358 e. The van der Waals surface area contributed by atoms with Crippen LogP contribution in [0.3, 0.4) is 0 Å². The first-order valence-corrected chi connectivity index (χ1v) is 17.6. The van der Waals surface area contributed by atoms with Gasteiger partial charge in [0.05, 0.1) is 22.0 Å². The van der Waals surface area contributed by atoms with Crippen molar-refractivity contribution in [2.45, 2.75) is 77.2 Å². The Morgan fingerprint density at radius 2 is 1.64 bits per heavy atom. The van der Waals surface area contributed by atoms with Gasteiger partial charge in [0.15, 0.2) is 0 Å². The van der Waals surface area contributed by atoms with Gasteiger partial charge >= 0.3 is 6.03 Å². The first-order chi connectivity index (χ1) is 22.7. The standard InChI is InChI=1S/C35H50Cl2N6O4/c1-2-39-33(46)35(24-26-12-5-3-6-13-26)17-11-21-43(25-35)32(45)30(23-27-15-16-28(36)29(37)22-27)42-34(47)41-20-10-9-19-40-31(44)14-7-4-8-18-38/h3,5-6,12-13,15-16,22,30H,2,4,7-11,14,17-21,23-25,38H2,1H3,(H,39,46)(H,40,44)(H2,41,42,47)/p+1/t30-,35+/m1/s1. The van der Waals surface area contributed by atoms with E-state index in [1.165, 1.54) is 0 Å². The van der Waals surface area contributed by atoms with Gasteiger partial charge in [0, 0.05) is 45.6 Å². The van der Waals surface area contributed by atoms with E-state index >= 15 is 0 Å². The highest BCUT2D eigenvalue weighted by molar-refractivity contribution is 6.42. The minimum atomic E-state index is -0.892. The Balaban J connectivity index is 1.64. The quantitative estimate of drug-likeness (QED) is 0.151. The number of piperidine rings is 1. The number of nitrogens with zero attached hydrogens (tertiary/aromatic N) is 1. The van der Waals surface area contributed by atoms with E-state index in [2.05, 4.69) is 27.0 Å². The summed E-state index contributed by atoms with van der Waals surface area (Å²) in [6, 6.07) is 13.6. The molecule has 47 heavy (non-hydrogen) atoms. The molecule has 1 aliphatic rings. The summed E-state index contributed by atoms with van der Waals surface area (Å²) in [4.78, 5) is 54.4. The van der Waals surface area contributed by atoms with Crippen molar-refractivity contribution < 1.29 is 24.9 Å². The lowest BCUT2D eigenvalue weighted by Crippen LogP contribution is -2.59. The fourth-order valence-corrected chi connectivity index (χ4v) is 6.32. The molecule has 1 aliphatic heterocycles. The lowest BCUT2D eigenvalue weighted by molar-refractivity contribution is -0.368. The van der Waals surface area contributed by atoms with Crippen LogP contribution in [0.2, 0.25) is 10.0 Å². The first-order valence-electron chi connectivity index (χ1n) is 16.8. The number of rotatable bonds is 18. The summed E-state index contributed by atoms with van der Waals surface area (Å²) in [6.45, 7) is 4.93. The number of nitrogens with one attached hydrogen (secondary N) is 4. The van der Waals surface area contributed by atoms with E-state index in [4.69, 9.17) is 23.2 Å². The van der Waals surface area contributed by atoms with Crippen molar-refractivity contribution in [1.29, 1.82) is 0 Å². The van der Waals surface area contributed by atoms with E-state index in [-0.39, 0.29) is 30.7 Å². The van der Waals surface area contributed by atoms with Crippen LogP contribution in [-0.2, 0) is 27.2 Å². The van der Waals surface area contributed by atoms with Gasteiger partial charge in [-0.05, 0) is 81.5 Å². The number of halogens is 2. The smallest absolute Gasteiger partial charge is 0.315 e. The molecule has 0 unspecified atom stereocenters. The zero-order valence-electron chi connectivity index (χ0n) is 27.6. The number of benzene rings is 2. The Hall–Kier alpha value is -3.34. The average Bonchev–Trinajstić information content (AvgIpc) is 3.06. The van der Waals surface area contributed by atoms with Crippen LogP contribution in [0.1, 0.15) is 69.4 Å². The van der Waals surface area contributed by atoms with Gasteiger partial charge < -0.3 is 31.9 Å². The van der Waals surface area contributed by atoms with Crippen LogP contribution in [0, 0.1) is 5.41 Å². The maximum Gasteiger partial charge on any atom is 0.315 e. The molecule has 0 saturated carbocycles. The molecule has 1 heterocycles. The summed E-state index contributed by atoms with van der Waals surface area (Å²) in [7, 11) is 0. The fraction of sp³-hybridized carbons (Fsp3) is 0.543. The second kappa shape index (κ2) is 20.1. The lowest BCUT2D eigenvalue weighted by atomic mass is 9.74. The zero-order valence-corrected chi connectivity index (χ0v) is 29.1. The summed E-state index contributed by atoms with van der Waals surface area (Å²) < 4.78 is 0. The molecular weight excluding hydrogens is 639 g/mol. The van der Waals surface area contributed by atoms with Crippen molar-refractivity contribution in [2.75, 3.05) is 39.3 Å². The Morgan fingerprint density at radius 1 is 0.894 bits per heavy atom. The van der Waals surface area contributed by atoms with E-state index < -0.39 is 17.5 Å². The molecule has 0 radical (unpaired) electrons. The normalized spacial score (nSPS) is 16.6. The monoisotopic (exact) mass is 689 g/mol. The van der Waals surface area contributed by atoms with Gasteiger partial charge in [0.1, 0.15) is 6.04 Å². The van der Waals surface area contributed by atoms with E-state index in [0.717, 1.165) is 36.9 Å². The number of carbonyl (C=O) groups excluding carboxylic acids is 4. The Morgan fingerprint density at radius 3 is 2.34 bits per heavy atom. The van der Waals surface area contributed by atoms with Gasteiger partial charge in [0.2, 0.25) is 17.7 Å². The van der Waals surface area contributed by atoms with Crippen molar-refractivity contribution in [1.82, 2.24) is 26.2 Å². The van der Waals surface area contributed by atoms with Crippen molar-refractivity contribution in [3.05, 3.63) is 69.7 Å². The van der Waals surface area contributed by atoms with Crippen molar-refractivity contribution >= 4 is 47.0 Å². The second-order valence-corrected chi connectivity index (χ2v) is 13.1. The van der Waals surface area contributed by atoms with Crippen LogP contribution in [-0.4, -0.2) is 74.0 Å². The number of hydrogen-bond acceptors (Lipinski definition) is 4. The number of unbranched alkanes of at least 4 members (excludes halogenated alkanes) is 3. The second-order valence-electron chi connectivity index (χ2n) is 12.3. The van der Waals surface area contributed by atoms with Crippen LogP contribution in [0.25, 0.3) is 0 Å². The molecule has 0 spiro atoms. The Bertz CT molecular complexity index is 1310. The molecule has 1 fully saturated rings. The average molecular weight is 691 g/mol. The number of amides is 5. The third-order valence-electron chi connectivity index (χ3n) is 8.49. The molecule has 258 valence electrons. The highest BCUT2D eigenvalue weighted by Gasteiger charge is 2.44. The molecule has 10 nitrogen and oxygen atoms in total. The summed E-state index contributed by atoms with van der Waals surface area (Å²) in [5.74, 6) is -0.287. The van der Waals surface area contributed by atoms with Gasteiger partial charge in [-0.25, -0.2) is 4.79 Å². The molecule has 12 heteroatoms. The Kier molecular flexibility index (Phi) is 16.3. The topological polar surface area (TPSA) is 147 Å². The molecule has 1 saturated heterocycles.